The molecule has 0 radical (unpaired) electrons. The second kappa shape index (κ2) is 9.96. The normalized spacial score (nSPS) is 14.4. The van der Waals surface area contributed by atoms with Gasteiger partial charge in [0.1, 0.15) is 5.75 Å². The minimum atomic E-state index is -0.201. The predicted molar refractivity (Wildman–Crippen MR) is 115 cm³/mol. The van der Waals surface area contributed by atoms with Gasteiger partial charge in [-0.1, -0.05) is 12.1 Å². The van der Waals surface area contributed by atoms with Gasteiger partial charge in [0.25, 0.3) is 0 Å². The summed E-state index contributed by atoms with van der Waals surface area (Å²) in [4.78, 5) is 25.8. The van der Waals surface area contributed by atoms with E-state index < -0.39 is 0 Å². The Morgan fingerprint density at radius 3 is 2.31 bits per heavy atom. The van der Waals surface area contributed by atoms with Crippen LogP contribution < -0.4 is 20.7 Å². The van der Waals surface area contributed by atoms with Crippen LogP contribution in [0.15, 0.2) is 48.5 Å². The maximum Gasteiger partial charge on any atom is 0.224 e. The molecule has 6 heteroatoms. The number of hydrogen-bond donors (Lipinski definition) is 2. The number of anilines is 2. The van der Waals surface area contributed by atoms with Crippen molar-refractivity contribution in [2.24, 2.45) is 11.7 Å². The molecule has 3 rings (SSSR count). The number of piperidine rings is 1. The minimum Gasteiger partial charge on any atom is -0.494 e. The highest BCUT2D eigenvalue weighted by atomic mass is 16.5. The van der Waals surface area contributed by atoms with Gasteiger partial charge in [-0.2, -0.15) is 0 Å². The number of nitrogens with two attached hydrogens (primary N) is 1. The molecule has 1 aliphatic heterocycles. The van der Waals surface area contributed by atoms with Crippen LogP contribution in [-0.2, 0) is 16.0 Å². The number of carbonyl (C=O) groups excluding carboxylic acids is 2. The maximum atomic E-state index is 12.3. The zero-order valence-electron chi connectivity index (χ0n) is 16.9. The molecule has 0 atom stereocenters. The van der Waals surface area contributed by atoms with Crippen LogP contribution in [0.2, 0.25) is 0 Å². The van der Waals surface area contributed by atoms with Gasteiger partial charge in [0, 0.05) is 36.8 Å². The Bertz CT molecular complexity index is 810. The van der Waals surface area contributed by atoms with Crippen molar-refractivity contribution in [3.8, 4) is 5.75 Å². The third-order valence-corrected chi connectivity index (χ3v) is 5.29. The SMILES string of the molecule is CCOc1ccc(CCC(=O)Nc2ccc(N3CCC(C(N)=O)CC3)cc2)cc1. The molecule has 29 heavy (non-hydrogen) atoms. The molecule has 1 heterocycles. The first-order valence-corrected chi connectivity index (χ1v) is 10.2. The van der Waals surface area contributed by atoms with E-state index in [1.54, 1.807) is 0 Å². The quantitative estimate of drug-likeness (QED) is 0.718. The zero-order chi connectivity index (χ0) is 20.6. The van der Waals surface area contributed by atoms with Crippen molar-refractivity contribution in [2.75, 3.05) is 29.9 Å². The fourth-order valence-corrected chi connectivity index (χ4v) is 3.58. The van der Waals surface area contributed by atoms with Crippen LogP contribution in [0.5, 0.6) is 5.75 Å². The third-order valence-electron chi connectivity index (χ3n) is 5.29. The highest BCUT2D eigenvalue weighted by molar-refractivity contribution is 5.91. The van der Waals surface area contributed by atoms with Crippen molar-refractivity contribution >= 4 is 23.2 Å². The first kappa shape index (κ1) is 20.7. The summed E-state index contributed by atoms with van der Waals surface area (Å²) >= 11 is 0. The second-order valence-electron chi connectivity index (χ2n) is 7.34. The summed E-state index contributed by atoms with van der Waals surface area (Å²) < 4.78 is 5.43. The van der Waals surface area contributed by atoms with E-state index in [1.165, 1.54) is 0 Å². The Morgan fingerprint density at radius 2 is 1.72 bits per heavy atom. The smallest absolute Gasteiger partial charge is 0.224 e. The van der Waals surface area contributed by atoms with Crippen LogP contribution in [0.4, 0.5) is 11.4 Å². The maximum absolute atomic E-state index is 12.3. The molecule has 0 saturated carbocycles. The first-order valence-electron chi connectivity index (χ1n) is 10.2. The topological polar surface area (TPSA) is 84.7 Å². The van der Waals surface area contributed by atoms with Gasteiger partial charge in [-0.3, -0.25) is 9.59 Å². The Balaban J connectivity index is 1.45. The Hall–Kier alpha value is -3.02. The lowest BCUT2D eigenvalue weighted by atomic mass is 9.96. The molecule has 2 aromatic rings. The standard InChI is InChI=1S/C23H29N3O3/c1-2-29-21-10-3-17(4-11-21)5-12-22(27)25-19-6-8-20(9-7-19)26-15-13-18(14-16-26)23(24)28/h3-4,6-11,18H,2,5,12-16H2,1H3,(H2,24,28)(H,25,27). The van der Waals surface area contributed by atoms with Gasteiger partial charge in [-0.15, -0.1) is 0 Å². The van der Waals surface area contributed by atoms with E-state index in [0.29, 0.717) is 19.4 Å². The second-order valence-corrected chi connectivity index (χ2v) is 7.34. The van der Waals surface area contributed by atoms with Gasteiger partial charge in [-0.05, 0) is 68.1 Å². The summed E-state index contributed by atoms with van der Waals surface area (Å²) in [6.45, 7) is 4.24. The van der Waals surface area contributed by atoms with Gasteiger partial charge in [-0.25, -0.2) is 0 Å². The van der Waals surface area contributed by atoms with Crippen LogP contribution >= 0.6 is 0 Å². The van der Waals surface area contributed by atoms with Crippen LogP contribution in [0.25, 0.3) is 0 Å². The van der Waals surface area contributed by atoms with Gasteiger partial charge in [0.05, 0.1) is 6.61 Å². The van der Waals surface area contributed by atoms with Crippen molar-refractivity contribution in [1.29, 1.82) is 0 Å². The molecule has 1 fully saturated rings. The summed E-state index contributed by atoms with van der Waals surface area (Å²) in [5.41, 5.74) is 8.39. The van der Waals surface area contributed by atoms with Gasteiger partial charge >= 0.3 is 0 Å². The molecule has 1 saturated heterocycles. The number of ether oxygens (including phenoxy) is 1. The molecule has 0 aliphatic carbocycles. The van der Waals surface area contributed by atoms with Crippen LogP contribution in [0.3, 0.4) is 0 Å². The number of aryl methyl sites for hydroxylation is 1. The summed E-state index contributed by atoms with van der Waals surface area (Å²) in [6, 6.07) is 15.7. The number of hydrogen-bond acceptors (Lipinski definition) is 4. The predicted octanol–water partition coefficient (Wildman–Crippen LogP) is 3.36. The number of carbonyl (C=O) groups is 2. The van der Waals surface area contributed by atoms with Crippen LogP contribution in [-0.4, -0.2) is 31.5 Å². The number of benzene rings is 2. The lowest BCUT2D eigenvalue weighted by molar-refractivity contribution is -0.122. The van der Waals surface area contributed by atoms with E-state index in [1.807, 2.05) is 55.5 Å². The molecule has 6 nitrogen and oxygen atoms in total. The van der Waals surface area contributed by atoms with Crippen molar-refractivity contribution in [3.63, 3.8) is 0 Å². The molecule has 154 valence electrons. The Kier molecular flexibility index (Phi) is 7.11. The van der Waals surface area contributed by atoms with E-state index in [4.69, 9.17) is 10.5 Å². The lowest BCUT2D eigenvalue weighted by Crippen LogP contribution is -2.38. The van der Waals surface area contributed by atoms with Crippen LogP contribution in [0, 0.1) is 5.92 Å². The van der Waals surface area contributed by atoms with Crippen molar-refractivity contribution < 1.29 is 14.3 Å². The minimum absolute atomic E-state index is 0.00564. The van der Waals surface area contributed by atoms with E-state index in [9.17, 15) is 9.59 Å². The van der Waals surface area contributed by atoms with Gasteiger partial charge < -0.3 is 20.7 Å². The van der Waals surface area contributed by atoms with Crippen molar-refractivity contribution in [3.05, 3.63) is 54.1 Å². The highest BCUT2D eigenvalue weighted by Gasteiger charge is 2.23. The number of rotatable bonds is 8. The fraction of sp³-hybridized carbons (Fsp3) is 0.391. The molecule has 1 aliphatic rings. The van der Waals surface area contributed by atoms with Crippen LogP contribution in [0.1, 0.15) is 31.7 Å². The Labute approximate surface area is 172 Å². The first-order chi connectivity index (χ1) is 14.0. The molecule has 3 N–H and O–H groups in total. The molecule has 0 aromatic heterocycles. The molecular weight excluding hydrogens is 366 g/mol. The number of nitrogens with zero attached hydrogens (tertiary/aromatic N) is 1. The molecule has 0 unspecified atom stereocenters. The highest BCUT2D eigenvalue weighted by Crippen LogP contribution is 2.24. The zero-order valence-corrected chi connectivity index (χ0v) is 16.9. The molecule has 0 spiro atoms. The molecule has 0 bridgehead atoms. The molecule has 2 aromatic carbocycles. The van der Waals surface area contributed by atoms with Gasteiger partial charge in [0.2, 0.25) is 11.8 Å². The largest absolute Gasteiger partial charge is 0.494 e. The lowest BCUT2D eigenvalue weighted by Gasteiger charge is -2.32. The average molecular weight is 396 g/mol. The van der Waals surface area contributed by atoms with Crippen molar-refractivity contribution in [2.45, 2.75) is 32.6 Å². The Morgan fingerprint density at radius 1 is 1.07 bits per heavy atom. The monoisotopic (exact) mass is 395 g/mol. The van der Waals surface area contributed by atoms with Gasteiger partial charge in [0.15, 0.2) is 0 Å². The van der Waals surface area contributed by atoms with E-state index in [2.05, 4.69) is 10.2 Å². The van der Waals surface area contributed by atoms with Crippen molar-refractivity contribution in [1.82, 2.24) is 0 Å². The van der Waals surface area contributed by atoms with E-state index in [0.717, 1.165) is 48.6 Å². The molecule has 2 amide bonds. The number of nitrogens with one attached hydrogen (secondary N) is 1. The summed E-state index contributed by atoms with van der Waals surface area (Å²) in [7, 11) is 0. The van der Waals surface area contributed by atoms with E-state index in [-0.39, 0.29) is 17.7 Å². The van der Waals surface area contributed by atoms with E-state index >= 15 is 0 Å². The summed E-state index contributed by atoms with van der Waals surface area (Å²) in [6.07, 6.45) is 2.69. The average Bonchev–Trinajstić information content (AvgIpc) is 2.74. The fourth-order valence-electron chi connectivity index (χ4n) is 3.58. The summed E-state index contributed by atoms with van der Waals surface area (Å²) in [5.74, 6) is 0.627. The third kappa shape index (κ3) is 5.98. The number of primary amides is 1. The molecular formula is C23H29N3O3. The summed E-state index contributed by atoms with van der Waals surface area (Å²) in [5, 5.41) is 2.95. The number of amides is 2.